The van der Waals surface area contributed by atoms with Crippen molar-refractivity contribution in [1.29, 1.82) is 0 Å². The number of alkyl halides is 2. The van der Waals surface area contributed by atoms with E-state index in [1.165, 1.54) is 44.2 Å². The van der Waals surface area contributed by atoms with Gasteiger partial charge < -0.3 is 15.4 Å². The third kappa shape index (κ3) is 3.34. The summed E-state index contributed by atoms with van der Waals surface area (Å²) in [5.74, 6) is 3.53. The van der Waals surface area contributed by atoms with Crippen LogP contribution in [0.3, 0.4) is 0 Å². The van der Waals surface area contributed by atoms with Crippen LogP contribution in [-0.4, -0.2) is 17.8 Å². The van der Waals surface area contributed by atoms with Gasteiger partial charge in [0.1, 0.15) is 5.75 Å². The Balaban J connectivity index is 1.33. The van der Waals surface area contributed by atoms with Crippen molar-refractivity contribution in [1.82, 2.24) is 5.32 Å². The maximum atomic E-state index is 12.2. The summed E-state index contributed by atoms with van der Waals surface area (Å²) >= 11 is 5.46. The number of thiocarbonyl (C=S) groups is 1. The van der Waals surface area contributed by atoms with Gasteiger partial charge in [0, 0.05) is 11.7 Å². The van der Waals surface area contributed by atoms with E-state index in [9.17, 15) is 8.78 Å². The minimum atomic E-state index is -2.80. The van der Waals surface area contributed by atoms with Gasteiger partial charge >= 0.3 is 6.61 Å². The molecule has 4 fully saturated rings. The minimum absolute atomic E-state index is 0.149. The zero-order valence-electron chi connectivity index (χ0n) is 13.4. The molecule has 4 bridgehead atoms. The van der Waals surface area contributed by atoms with Crippen LogP contribution in [0.4, 0.5) is 14.5 Å². The quantitative estimate of drug-likeness (QED) is 0.787. The fourth-order valence-corrected chi connectivity index (χ4v) is 5.45. The van der Waals surface area contributed by atoms with Crippen molar-refractivity contribution < 1.29 is 13.5 Å². The first-order chi connectivity index (χ1) is 11.6. The maximum absolute atomic E-state index is 12.2. The molecule has 4 saturated carbocycles. The lowest BCUT2D eigenvalue weighted by Gasteiger charge is -2.54. The van der Waals surface area contributed by atoms with Crippen molar-refractivity contribution in [2.24, 2.45) is 23.7 Å². The molecule has 3 nitrogen and oxygen atoms in total. The first kappa shape index (κ1) is 16.1. The molecule has 0 saturated heterocycles. The van der Waals surface area contributed by atoms with Crippen LogP contribution < -0.4 is 15.4 Å². The molecule has 0 amide bonds. The fourth-order valence-electron chi connectivity index (χ4n) is 5.20. The van der Waals surface area contributed by atoms with Crippen molar-refractivity contribution in [3.63, 3.8) is 0 Å². The van der Waals surface area contributed by atoms with Crippen molar-refractivity contribution in [2.45, 2.75) is 44.8 Å². The van der Waals surface area contributed by atoms with Crippen LogP contribution in [0.5, 0.6) is 5.75 Å². The molecule has 6 heteroatoms. The van der Waals surface area contributed by atoms with Gasteiger partial charge in [0.05, 0.1) is 0 Å². The zero-order chi connectivity index (χ0) is 16.7. The van der Waals surface area contributed by atoms with E-state index in [0.717, 1.165) is 29.4 Å². The lowest BCUT2D eigenvalue weighted by Crippen LogP contribution is -2.56. The Morgan fingerprint density at radius 2 is 1.58 bits per heavy atom. The van der Waals surface area contributed by atoms with Gasteiger partial charge in [-0.15, -0.1) is 0 Å². The Morgan fingerprint density at radius 3 is 2.12 bits per heavy atom. The molecule has 4 aliphatic rings. The molecule has 0 spiro atoms. The number of ether oxygens (including phenoxy) is 1. The molecule has 24 heavy (non-hydrogen) atoms. The minimum Gasteiger partial charge on any atom is -0.435 e. The van der Waals surface area contributed by atoms with Gasteiger partial charge in [0.2, 0.25) is 0 Å². The van der Waals surface area contributed by atoms with Gasteiger partial charge in [-0.3, -0.25) is 0 Å². The summed E-state index contributed by atoms with van der Waals surface area (Å²) in [5, 5.41) is 7.31. The van der Waals surface area contributed by atoms with E-state index in [2.05, 4.69) is 15.4 Å². The Hall–Kier alpha value is -1.43. The standard InChI is InChI=1S/C18H22F2N2OS/c19-17(20)23-15-3-1-14(2-4-15)21-18(24)22-16-12-6-10-5-11(8-12)9-13(16)7-10/h1-4,10-13,16-17H,5-9H2,(H2,21,22,24). The second kappa shape index (κ2) is 6.47. The van der Waals surface area contributed by atoms with Gasteiger partial charge in [-0.1, -0.05) is 0 Å². The van der Waals surface area contributed by atoms with Gasteiger partial charge in [-0.2, -0.15) is 8.78 Å². The van der Waals surface area contributed by atoms with Crippen LogP contribution >= 0.6 is 12.2 Å². The predicted octanol–water partition coefficient (Wildman–Crippen LogP) is 4.40. The zero-order valence-corrected chi connectivity index (χ0v) is 14.2. The van der Waals surface area contributed by atoms with Crippen molar-refractivity contribution >= 4 is 23.0 Å². The third-order valence-electron chi connectivity index (χ3n) is 5.86. The number of benzene rings is 1. The van der Waals surface area contributed by atoms with Crippen LogP contribution in [-0.2, 0) is 0 Å². The Labute approximate surface area is 146 Å². The Bertz CT molecular complexity index is 580. The van der Waals surface area contributed by atoms with E-state index in [1.807, 2.05) is 0 Å². The molecule has 0 aromatic heterocycles. The van der Waals surface area contributed by atoms with Crippen molar-refractivity contribution in [2.75, 3.05) is 5.32 Å². The molecule has 0 heterocycles. The van der Waals surface area contributed by atoms with Crippen LogP contribution in [0.25, 0.3) is 0 Å². The van der Waals surface area contributed by atoms with Crippen LogP contribution in [0.1, 0.15) is 32.1 Å². The van der Waals surface area contributed by atoms with Crippen molar-refractivity contribution in [3.8, 4) is 5.75 Å². The molecule has 1 aromatic carbocycles. The number of rotatable bonds is 4. The van der Waals surface area contributed by atoms with Crippen LogP contribution in [0.15, 0.2) is 24.3 Å². The van der Waals surface area contributed by atoms with Gasteiger partial charge in [-0.05, 0) is 92.3 Å². The molecule has 0 radical (unpaired) electrons. The topological polar surface area (TPSA) is 33.3 Å². The summed E-state index contributed by atoms with van der Waals surface area (Å²) in [6, 6.07) is 6.91. The van der Waals surface area contributed by atoms with E-state index in [4.69, 9.17) is 12.2 Å². The Kier molecular flexibility index (Phi) is 4.33. The molecule has 4 aliphatic carbocycles. The maximum Gasteiger partial charge on any atom is 0.387 e. The highest BCUT2D eigenvalue weighted by Crippen LogP contribution is 2.53. The summed E-state index contributed by atoms with van der Waals surface area (Å²) in [5.41, 5.74) is 0.776. The lowest BCUT2D eigenvalue weighted by atomic mass is 9.54. The molecule has 0 unspecified atom stereocenters. The van der Waals surface area contributed by atoms with Gasteiger partial charge in [0.15, 0.2) is 5.11 Å². The Morgan fingerprint density at radius 1 is 1.00 bits per heavy atom. The summed E-state index contributed by atoms with van der Waals surface area (Å²) in [4.78, 5) is 0. The SMILES string of the molecule is FC(F)Oc1ccc(NC(=S)NC2C3CC4CC(C3)CC2C4)cc1. The first-order valence-electron chi connectivity index (χ1n) is 8.69. The summed E-state index contributed by atoms with van der Waals surface area (Å²) in [7, 11) is 0. The van der Waals surface area contributed by atoms with E-state index in [0.29, 0.717) is 11.2 Å². The predicted molar refractivity (Wildman–Crippen MR) is 93.3 cm³/mol. The number of hydrogen-bond acceptors (Lipinski definition) is 2. The van der Waals surface area contributed by atoms with E-state index in [1.54, 1.807) is 12.1 Å². The monoisotopic (exact) mass is 352 g/mol. The van der Waals surface area contributed by atoms with E-state index >= 15 is 0 Å². The second-order valence-electron chi connectivity index (χ2n) is 7.46. The summed E-state index contributed by atoms with van der Waals surface area (Å²) in [6.07, 6.45) is 6.80. The number of anilines is 1. The van der Waals surface area contributed by atoms with Crippen molar-refractivity contribution in [3.05, 3.63) is 24.3 Å². The molecule has 5 rings (SSSR count). The first-order valence-corrected chi connectivity index (χ1v) is 9.10. The second-order valence-corrected chi connectivity index (χ2v) is 7.87. The lowest BCUT2D eigenvalue weighted by molar-refractivity contribution is -0.0498. The smallest absolute Gasteiger partial charge is 0.387 e. The van der Waals surface area contributed by atoms with Gasteiger partial charge in [0.25, 0.3) is 0 Å². The van der Waals surface area contributed by atoms with E-state index < -0.39 is 6.61 Å². The molecular weight excluding hydrogens is 330 g/mol. The summed E-state index contributed by atoms with van der Waals surface area (Å²) in [6.45, 7) is -2.80. The highest BCUT2D eigenvalue weighted by molar-refractivity contribution is 7.80. The average Bonchev–Trinajstić information content (AvgIpc) is 2.51. The van der Waals surface area contributed by atoms with Crippen LogP contribution in [0.2, 0.25) is 0 Å². The van der Waals surface area contributed by atoms with E-state index in [-0.39, 0.29) is 5.75 Å². The highest BCUT2D eigenvalue weighted by atomic mass is 32.1. The average molecular weight is 352 g/mol. The molecule has 0 atom stereocenters. The number of halogens is 2. The highest BCUT2D eigenvalue weighted by Gasteiger charge is 2.48. The molecule has 2 N–H and O–H groups in total. The number of nitrogens with one attached hydrogen (secondary N) is 2. The third-order valence-corrected chi connectivity index (χ3v) is 6.08. The number of hydrogen-bond donors (Lipinski definition) is 2. The molecule has 0 aliphatic heterocycles. The fraction of sp³-hybridized carbons (Fsp3) is 0.611. The normalized spacial score (nSPS) is 33.5. The largest absolute Gasteiger partial charge is 0.435 e. The molecular formula is C18H22F2N2OS. The van der Waals surface area contributed by atoms with Gasteiger partial charge in [-0.25, -0.2) is 0 Å². The van der Waals surface area contributed by atoms with Crippen LogP contribution in [0, 0.1) is 23.7 Å². The molecule has 130 valence electrons. The summed E-state index contributed by atoms with van der Waals surface area (Å²) < 4.78 is 28.7. The molecule has 1 aromatic rings.